The molecule has 0 aliphatic heterocycles. The molecule has 4 N–H and O–H groups in total. The number of hydrogen-bond acceptors (Lipinski definition) is 8. The summed E-state index contributed by atoms with van der Waals surface area (Å²) >= 11 is 1.65. The zero-order valence-electron chi connectivity index (χ0n) is 11.3. The minimum absolute atomic E-state index is 0.242. The molecule has 0 aromatic rings. The topological polar surface area (TPSA) is 105 Å². The van der Waals surface area contributed by atoms with Gasteiger partial charge in [-0.05, 0) is 37.7 Å². The van der Waals surface area contributed by atoms with Gasteiger partial charge in [0.2, 0.25) is 0 Å². The number of hydrogen-bond donors (Lipinski definition) is 3. The van der Waals surface area contributed by atoms with Gasteiger partial charge in [0.1, 0.15) is 6.04 Å². The molecular weight excluding hydrogens is 272 g/mol. The van der Waals surface area contributed by atoms with Gasteiger partial charge in [-0.25, -0.2) is 0 Å². The maximum atomic E-state index is 11.4. The molecular formula is C11H24N2O5S. The number of carbonyl (C=O) groups is 1. The van der Waals surface area contributed by atoms with Crippen LogP contribution in [-0.2, 0) is 14.4 Å². The van der Waals surface area contributed by atoms with Crippen LogP contribution in [0, 0.1) is 0 Å². The Kier molecular flexibility index (Phi) is 12.4. The molecule has 0 saturated carbocycles. The molecule has 0 aliphatic carbocycles. The fourth-order valence-corrected chi connectivity index (χ4v) is 1.84. The fraction of sp³-hybridized carbons (Fsp3) is 0.909. The van der Waals surface area contributed by atoms with Gasteiger partial charge in [-0.2, -0.15) is 11.8 Å². The average molecular weight is 296 g/mol. The van der Waals surface area contributed by atoms with Gasteiger partial charge in [-0.3, -0.25) is 20.0 Å². The van der Waals surface area contributed by atoms with Crippen LogP contribution >= 0.6 is 11.8 Å². The zero-order chi connectivity index (χ0) is 14.5. The summed E-state index contributed by atoms with van der Waals surface area (Å²) in [5.41, 5.74) is 5.66. The summed E-state index contributed by atoms with van der Waals surface area (Å²) in [4.78, 5) is 15.8. The van der Waals surface area contributed by atoms with Crippen molar-refractivity contribution in [2.45, 2.75) is 38.1 Å². The van der Waals surface area contributed by atoms with Crippen LogP contribution in [0.5, 0.6) is 0 Å². The molecule has 1 unspecified atom stereocenters. The van der Waals surface area contributed by atoms with E-state index < -0.39 is 6.04 Å². The van der Waals surface area contributed by atoms with Crippen molar-refractivity contribution < 1.29 is 24.8 Å². The lowest BCUT2D eigenvalue weighted by Crippen LogP contribution is -2.33. The predicted octanol–water partition coefficient (Wildman–Crippen LogP) is 1.18. The summed E-state index contributed by atoms with van der Waals surface area (Å²) in [6, 6.07) is -0.527. The van der Waals surface area contributed by atoms with Gasteiger partial charge in [0.25, 0.3) is 0 Å². The highest BCUT2D eigenvalue weighted by atomic mass is 32.2. The van der Waals surface area contributed by atoms with Crippen LogP contribution in [0.4, 0.5) is 0 Å². The van der Waals surface area contributed by atoms with Crippen molar-refractivity contribution in [2.75, 3.05) is 25.2 Å². The Hall–Kier alpha value is -0.380. The molecule has 0 aliphatic rings. The third-order valence-corrected chi connectivity index (χ3v) is 3.07. The Labute approximate surface area is 117 Å². The molecule has 0 bridgehead atoms. The van der Waals surface area contributed by atoms with Crippen LogP contribution in [0.25, 0.3) is 0 Å². The van der Waals surface area contributed by atoms with Gasteiger partial charge in [0, 0.05) is 0 Å². The van der Waals surface area contributed by atoms with Gasteiger partial charge in [0.05, 0.1) is 18.6 Å². The van der Waals surface area contributed by atoms with E-state index in [1.165, 1.54) is 0 Å². The molecule has 0 amide bonds. The van der Waals surface area contributed by atoms with Gasteiger partial charge >= 0.3 is 5.97 Å². The van der Waals surface area contributed by atoms with Crippen LogP contribution in [0.3, 0.4) is 0 Å². The maximum absolute atomic E-state index is 11.4. The highest BCUT2D eigenvalue weighted by Gasteiger charge is 2.13. The smallest absolute Gasteiger partial charge is 0.322 e. The van der Waals surface area contributed by atoms with Gasteiger partial charge in [0.15, 0.2) is 0 Å². The first-order chi connectivity index (χ1) is 9.07. The number of thioether (sulfide) groups is 1. The molecule has 0 fully saturated rings. The highest BCUT2D eigenvalue weighted by molar-refractivity contribution is 7.98. The van der Waals surface area contributed by atoms with Gasteiger partial charge in [-0.1, -0.05) is 6.42 Å². The lowest BCUT2D eigenvalue weighted by molar-refractivity contribution is -0.492. The second kappa shape index (κ2) is 12.6. The average Bonchev–Trinajstić information content (AvgIpc) is 2.38. The molecule has 0 radical (unpaired) electrons. The van der Waals surface area contributed by atoms with Crippen molar-refractivity contribution >= 4 is 17.7 Å². The van der Waals surface area contributed by atoms with Crippen molar-refractivity contribution in [3.8, 4) is 0 Å². The second-order valence-corrected chi connectivity index (χ2v) is 5.04. The van der Waals surface area contributed by atoms with E-state index in [2.05, 4.69) is 4.84 Å². The molecule has 0 heterocycles. The molecule has 7 nitrogen and oxygen atoms in total. The van der Waals surface area contributed by atoms with E-state index in [-0.39, 0.29) is 18.0 Å². The minimum atomic E-state index is -0.527. The number of nitrogens with two attached hydrogens (primary N) is 1. The van der Waals surface area contributed by atoms with Crippen molar-refractivity contribution in [3.05, 3.63) is 0 Å². The lowest BCUT2D eigenvalue weighted by Gasteiger charge is -2.10. The minimum Gasteiger partial charge on any atom is -0.465 e. The van der Waals surface area contributed by atoms with E-state index in [9.17, 15) is 4.79 Å². The first-order valence-electron chi connectivity index (χ1n) is 6.30. The number of ether oxygens (including phenoxy) is 1. The summed E-state index contributed by atoms with van der Waals surface area (Å²) in [6.07, 6.45) is 5.82. The van der Waals surface area contributed by atoms with Crippen LogP contribution in [-0.4, -0.2) is 53.0 Å². The van der Waals surface area contributed by atoms with E-state index in [1.807, 2.05) is 6.26 Å². The monoisotopic (exact) mass is 296 g/mol. The Balaban J connectivity index is 3.31. The first-order valence-corrected chi connectivity index (χ1v) is 7.69. The standard InChI is InChI=1S/C11H24N2O5S/c1-19-9-6-10(12)11(14)17-7-4-2-3-5-8-18-13(15)16/h10,15-16H,2-9,12H2,1H3. The van der Waals surface area contributed by atoms with E-state index in [1.54, 1.807) is 11.8 Å². The Bertz CT molecular complexity index is 231. The zero-order valence-corrected chi connectivity index (χ0v) is 12.1. The fourth-order valence-electron chi connectivity index (χ4n) is 1.35. The normalized spacial score (nSPS) is 12.7. The molecule has 0 aromatic carbocycles. The first kappa shape index (κ1) is 18.6. The third kappa shape index (κ3) is 12.4. The van der Waals surface area contributed by atoms with Crippen molar-refractivity contribution in [3.63, 3.8) is 0 Å². The molecule has 0 spiro atoms. The molecule has 8 heteroatoms. The van der Waals surface area contributed by atoms with Crippen LogP contribution in [0.1, 0.15) is 32.1 Å². The quantitative estimate of drug-likeness (QED) is 0.280. The van der Waals surface area contributed by atoms with E-state index >= 15 is 0 Å². The van der Waals surface area contributed by atoms with Crippen molar-refractivity contribution in [2.24, 2.45) is 5.73 Å². The second-order valence-electron chi connectivity index (χ2n) is 4.06. The molecule has 19 heavy (non-hydrogen) atoms. The highest BCUT2D eigenvalue weighted by Crippen LogP contribution is 2.03. The van der Waals surface area contributed by atoms with Crippen LogP contribution < -0.4 is 5.73 Å². The SMILES string of the molecule is CSCCC(N)C(=O)OCCCCCCON(O)O. The number of esters is 1. The van der Waals surface area contributed by atoms with E-state index in [0.29, 0.717) is 19.4 Å². The molecule has 0 rings (SSSR count). The van der Waals surface area contributed by atoms with Crippen molar-refractivity contribution in [1.82, 2.24) is 5.39 Å². The number of rotatable bonds is 12. The van der Waals surface area contributed by atoms with Crippen molar-refractivity contribution in [1.29, 1.82) is 0 Å². The number of unbranched alkanes of at least 4 members (excludes halogenated alkanes) is 3. The lowest BCUT2D eigenvalue weighted by atomic mass is 10.2. The maximum Gasteiger partial charge on any atom is 0.322 e. The van der Waals surface area contributed by atoms with E-state index in [0.717, 1.165) is 25.0 Å². The molecule has 0 saturated heterocycles. The molecule has 0 aromatic heterocycles. The molecule has 1 atom stereocenters. The van der Waals surface area contributed by atoms with Crippen LogP contribution in [0.2, 0.25) is 0 Å². The van der Waals surface area contributed by atoms with Crippen LogP contribution in [0.15, 0.2) is 0 Å². The Morgan fingerprint density at radius 3 is 2.47 bits per heavy atom. The number of carbonyl (C=O) groups excluding carboxylic acids is 1. The Morgan fingerprint density at radius 1 is 1.26 bits per heavy atom. The Morgan fingerprint density at radius 2 is 1.89 bits per heavy atom. The van der Waals surface area contributed by atoms with Gasteiger partial charge < -0.3 is 10.5 Å². The summed E-state index contributed by atoms with van der Waals surface area (Å²) in [6.45, 7) is 0.616. The predicted molar refractivity (Wildman–Crippen MR) is 71.8 cm³/mol. The summed E-state index contributed by atoms with van der Waals surface area (Å²) in [5.74, 6) is 0.511. The number of nitrogens with zero attached hydrogens (tertiary/aromatic N) is 1. The summed E-state index contributed by atoms with van der Waals surface area (Å²) < 4.78 is 5.05. The van der Waals surface area contributed by atoms with Gasteiger partial charge in [-0.15, -0.1) is 0 Å². The largest absolute Gasteiger partial charge is 0.465 e. The summed E-state index contributed by atoms with van der Waals surface area (Å²) in [7, 11) is 0. The summed E-state index contributed by atoms with van der Waals surface area (Å²) in [5, 5.41) is 16.2. The third-order valence-electron chi connectivity index (χ3n) is 2.43. The van der Waals surface area contributed by atoms with E-state index in [4.69, 9.17) is 20.9 Å². The molecule has 114 valence electrons.